The van der Waals surface area contributed by atoms with Gasteiger partial charge in [0.2, 0.25) is 0 Å². The molecule has 1 atom stereocenters. The van der Waals surface area contributed by atoms with Gasteiger partial charge in [0.25, 0.3) is 0 Å². The molecule has 3 aromatic heterocycles. The zero-order valence-corrected chi connectivity index (χ0v) is 19.4. The Kier molecular flexibility index (Phi) is 10.8. The zero-order valence-electron chi connectivity index (χ0n) is 19.4. The van der Waals surface area contributed by atoms with Crippen molar-refractivity contribution in [3.8, 4) is 0 Å². The number of nitrogens with zero attached hydrogens (tertiary/aromatic N) is 4. The number of alkyl halides is 6. The third-order valence-electron chi connectivity index (χ3n) is 4.67. The maximum atomic E-state index is 10.6. The lowest BCUT2D eigenvalue weighted by Crippen LogP contribution is -2.32. The second-order valence-electron chi connectivity index (χ2n) is 7.61. The molecule has 16 heteroatoms. The number of carbonyl (C=O) groups is 2. The van der Waals surface area contributed by atoms with E-state index in [2.05, 4.69) is 21.0 Å². The topological polar surface area (TPSA) is 131 Å². The molecule has 4 rings (SSSR count). The van der Waals surface area contributed by atoms with Gasteiger partial charge in [0.05, 0.1) is 43.5 Å². The summed E-state index contributed by atoms with van der Waals surface area (Å²) in [5, 5.41) is 18.7. The molecule has 38 heavy (non-hydrogen) atoms. The minimum absolute atomic E-state index is 0.0584. The molecular formula is C22H22F6N4O6. The van der Waals surface area contributed by atoms with Crippen LogP contribution < -0.4 is 0 Å². The molecule has 1 unspecified atom stereocenters. The van der Waals surface area contributed by atoms with Gasteiger partial charge in [-0.2, -0.15) is 31.4 Å². The number of ether oxygens (including phenoxy) is 1. The van der Waals surface area contributed by atoms with E-state index in [0.29, 0.717) is 6.61 Å². The van der Waals surface area contributed by atoms with Crippen molar-refractivity contribution in [2.24, 2.45) is 0 Å². The van der Waals surface area contributed by atoms with Crippen LogP contribution in [-0.4, -0.2) is 66.8 Å². The zero-order chi connectivity index (χ0) is 28.3. The maximum absolute atomic E-state index is 10.6. The van der Waals surface area contributed by atoms with Crippen molar-refractivity contribution in [2.75, 3.05) is 6.54 Å². The van der Waals surface area contributed by atoms with Gasteiger partial charge < -0.3 is 19.4 Å². The number of furan rings is 1. The molecule has 0 saturated carbocycles. The van der Waals surface area contributed by atoms with Gasteiger partial charge in [0.15, 0.2) is 0 Å². The summed E-state index contributed by atoms with van der Waals surface area (Å²) < 4.78 is 77.1. The Morgan fingerprint density at radius 2 is 1.63 bits per heavy atom. The van der Waals surface area contributed by atoms with Gasteiger partial charge in [0.1, 0.15) is 5.76 Å². The number of hydrogen-bond acceptors (Lipinski definition) is 7. The van der Waals surface area contributed by atoms with Gasteiger partial charge in [-0.25, -0.2) is 9.59 Å². The standard InChI is InChI=1S/C18H20N4O2.2C2HF3O2/c1-2-7-19-15(4-1)14-24-18-12-21(11-17-5-3-9-23-17)10-16-6-8-20-22(16)13-18;2*3-2(4,5)1(6)7/h1-9,18H,10-14H2;2*(H,6,7). The van der Waals surface area contributed by atoms with Crippen molar-refractivity contribution in [3.05, 3.63) is 72.2 Å². The van der Waals surface area contributed by atoms with Gasteiger partial charge in [-0.1, -0.05) is 6.07 Å². The van der Waals surface area contributed by atoms with Crippen molar-refractivity contribution in [3.63, 3.8) is 0 Å². The van der Waals surface area contributed by atoms with Crippen LogP contribution in [0.15, 0.2) is 59.5 Å². The molecule has 0 fully saturated rings. The fraction of sp³-hybridized carbons (Fsp3) is 0.364. The third-order valence-corrected chi connectivity index (χ3v) is 4.67. The lowest BCUT2D eigenvalue weighted by Gasteiger charge is -2.23. The van der Waals surface area contributed by atoms with Gasteiger partial charge in [-0.05, 0) is 30.3 Å². The van der Waals surface area contributed by atoms with E-state index in [1.807, 2.05) is 41.2 Å². The van der Waals surface area contributed by atoms with E-state index in [9.17, 15) is 26.3 Å². The first kappa shape index (κ1) is 30.3. The molecular weight excluding hydrogens is 530 g/mol. The quantitative estimate of drug-likeness (QED) is 0.455. The van der Waals surface area contributed by atoms with Crippen LogP contribution in [0.3, 0.4) is 0 Å². The number of rotatable bonds is 5. The van der Waals surface area contributed by atoms with Crippen LogP contribution in [0.1, 0.15) is 17.1 Å². The Labute approximate surface area is 211 Å². The van der Waals surface area contributed by atoms with E-state index >= 15 is 0 Å². The van der Waals surface area contributed by atoms with Crippen LogP contribution in [0.5, 0.6) is 0 Å². The lowest BCUT2D eigenvalue weighted by molar-refractivity contribution is -0.193. The summed E-state index contributed by atoms with van der Waals surface area (Å²) in [6.07, 6.45) is -4.75. The van der Waals surface area contributed by atoms with E-state index < -0.39 is 24.3 Å². The highest BCUT2D eigenvalue weighted by Gasteiger charge is 2.38. The molecule has 208 valence electrons. The van der Waals surface area contributed by atoms with Crippen LogP contribution in [0.25, 0.3) is 0 Å². The van der Waals surface area contributed by atoms with E-state index in [0.717, 1.165) is 37.6 Å². The van der Waals surface area contributed by atoms with Gasteiger partial charge >= 0.3 is 24.3 Å². The van der Waals surface area contributed by atoms with Crippen LogP contribution in [0, 0.1) is 0 Å². The number of pyridine rings is 1. The first-order chi connectivity index (χ1) is 17.8. The first-order valence-corrected chi connectivity index (χ1v) is 10.6. The second kappa shape index (κ2) is 13.6. The van der Waals surface area contributed by atoms with Gasteiger partial charge in [-0.15, -0.1) is 0 Å². The summed E-state index contributed by atoms with van der Waals surface area (Å²) in [7, 11) is 0. The van der Waals surface area contributed by atoms with Gasteiger partial charge in [-0.3, -0.25) is 14.6 Å². The normalized spacial score (nSPS) is 15.7. The third kappa shape index (κ3) is 10.6. The fourth-order valence-corrected chi connectivity index (χ4v) is 3.03. The molecule has 10 nitrogen and oxygen atoms in total. The number of fused-ring (bicyclic) bond motifs is 1. The lowest BCUT2D eigenvalue weighted by atomic mass is 10.3. The highest BCUT2D eigenvalue weighted by atomic mass is 19.4. The molecule has 0 radical (unpaired) electrons. The predicted octanol–water partition coefficient (Wildman–Crippen LogP) is 3.74. The Balaban J connectivity index is 0.000000301. The summed E-state index contributed by atoms with van der Waals surface area (Å²) in [6, 6.07) is 11.9. The molecule has 0 aromatic carbocycles. The van der Waals surface area contributed by atoms with Crippen LogP contribution in [0.2, 0.25) is 0 Å². The van der Waals surface area contributed by atoms with Crippen LogP contribution in [0.4, 0.5) is 26.3 Å². The molecule has 3 aromatic rings. The summed E-state index contributed by atoms with van der Waals surface area (Å²) in [5.41, 5.74) is 2.14. The predicted molar refractivity (Wildman–Crippen MR) is 115 cm³/mol. The molecule has 4 heterocycles. The number of aliphatic carboxylic acids is 2. The van der Waals surface area contributed by atoms with Crippen molar-refractivity contribution >= 4 is 11.9 Å². The van der Waals surface area contributed by atoms with Crippen LogP contribution in [-0.2, 0) is 40.6 Å². The highest BCUT2D eigenvalue weighted by molar-refractivity contribution is 5.73. The summed E-state index contributed by atoms with van der Waals surface area (Å²) in [4.78, 5) is 24.5. The van der Waals surface area contributed by atoms with E-state index in [-0.39, 0.29) is 6.10 Å². The molecule has 1 aliphatic heterocycles. The molecule has 0 aliphatic carbocycles. The summed E-state index contributed by atoms with van der Waals surface area (Å²) in [6.45, 7) is 3.70. The maximum Gasteiger partial charge on any atom is 0.490 e. The van der Waals surface area contributed by atoms with E-state index in [1.54, 1.807) is 12.5 Å². The second-order valence-corrected chi connectivity index (χ2v) is 7.61. The number of hydrogen-bond donors (Lipinski definition) is 2. The molecule has 0 saturated heterocycles. The number of carboxylic acids is 2. The average molecular weight is 552 g/mol. The summed E-state index contributed by atoms with van der Waals surface area (Å²) >= 11 is 0. The number of carboxylic acid groups (broad SMARTS) is 2. The SMILES string of the molecule is O=C(O)C(F)(F)F.O=C(O)C(F)(F)F.c1ccc(COC2CN(Cc3ccco3)Cc3ccnn3C2)nc1. The number of aromatic nitrogens is 3. The Morgan fingerprint density at radius 3 is 2.16 bits per heavy atom. The van der Waals surface area contributed by atoms with Gasteiger partial charge in [0, 0.05) is 25.5 Å². The van der Waals surface area contributed by atoms with Crippen LogP contribution >= 0.6 is 0 Å². The van der Waals surface area contributed by atoms with Crippen molar-refractivity contribution in [1.82, 2.24) is 19.7 Å². The Morgan fingerprint density at radius 1 is 0.974 bits per heavy atom. The molecule has 1 aliphatic rings. The van der Waals surface area contributed by atoms with Crippen molar-refractivity contribution in [1.29, 1.82) is 0 Å². The Bertz CT molecular complexity index is 1110. The van der Waals surface area contributed by atoms with Crippen molar-refractivity contribution < 1.29 is 55.3 Å². The molecule has 0 spiro atoms. The average Bonchev–Trinajstić information content (AvgIpc) is 3.47. The molecule has 0 bridgehead atoms. The first-order valence-electron chi connectivity index (χ1n) is 10.6. The van der Waals surface area contributed by atoms with E-state index in [1.165, 1.54) is 5.69 Å². The minimum atomic E-state index is -5.08. The fourth-order valence-electron chi connectivity index (χ4n) is 3.03. The smallest absolute Gasteiger partial charge is 0.475 e. The number of halogens is 6. The van der Waals surface area contributed by atoms with E-state index in [4.69, 9.17) is 29.0 Å². The largest absolute Gasteiger partial charge is 0.490 e. The van der Waals surface area contributed by atoms with Crippen molar-refractivity contribution in [2.45, 2.75) is 44.7 Å². The highest BCUT2D eigenvalue weighted by Crippen LogP contribution is 2.18. The Hall–Kier alpha value is -3.92. The molecule has 0 amide bonds. The molecule has 2 N–H and O–H groups in total. The summed E-state index contributed by atoms with van der Waals surface area (Å²) in [5.74, 6) is -4.55. The monoisotopic (exact) mass is 552 g/mol. The minimum Gasteiger partial charge on any atom is -0.475 e.